The van der Waals surface area contributed by atoms with Crippen LogP contribution < -0.4 is 10.9 Å². The molecule has 21 heavy (non-hydrogen) atoms. The predicted octanol–water partition coefficient (Wildman–Crippen LogP) is 0.985. The molecule has 1 atom stereocenters. The van der Waals surface area contributed by atoms with Crippen molar-refractivity contribution in [1.29, 1.82) is 0 Å². The fraction of sp³-hybridized carbons (Fsp3) is 0.385. The van der Waals surface area contributed by atoms with Crippen molar-refractivity contribution in [2.45, 2.75) is 26.8 Å². The van der Waals surface area contributed by atoms with Crippen LogP contribution in [0.1, 0.15) is 31.1 Å². The number of hydrogen-bond donors (Lipinski definition) is 2. The molecule has 0 aliphatic rings. The number of fused-ring (bicyclic) bond motifs is 1. The van der Waals surface area contributed by atoms with E-state index in [1.165, 1.54) is 28.1 Å². The monoisotopic (exact) mass is 309 g/mol. The number of nitrogens with one attached hydrogen (secondary N) is 1. The molecule has 1 unspecified atom stereocenters. The SMILES string of the molecule is CC(C)(C)C(NC(=O)c1cnc2sccn2c1=O)C(=O)O. The van der Waals surface area contributed by atoms with E-state index in [9.17, 15) is 19.5 Å². The number of aliphatic carboxylic acids is 1. The van der Waals surface area contributed by atoms with E-state index in [0.29, 0.717) is 4.96 Å². The lowest BCUT2D eigenvalue weighted by Crippen LogP contribution is -2.50. The molecule has 7 nitrogen and oxygen atoms in total. The number of nitrogens with zero attached hydrogens (tertiary/aromatic N) is 2. The first-order valence-electron chi connectivity index (χ1n) is 6.20. The average Bonchev–Trinajstić information content (AvgIpc) is 2.83. The molecule has 0 saturated carbocycles. The van der Waals surface area contributed by atoms with Crippen LogP contribution in [0.5, 0.6) is 0 Å². The van der Waals surface area contributed by atoms with Crippen LogP contribution in [-0.2, 0) is 4.79 Å². The van der Waals surface area contributed by atoms with Crippen LogP contribution >= 0.6 is 11.3 Å². The number of carboxylic acid groups (broad SMARTS) is 1. The summed E-state index contributed by atoms with van der Waals surface area (Å²) in [5.41, 5.74) is -1.38. The van der Waals surface area contributed by atoms with Crippen LogP contribution in [0.25, 0.3) is 4.96 Å². The summed E-state index contributed by atoms with van der Waals surface area (Å²) in [6, 6.07) is -1.10. The lowest BCUT2D eigenvalue weighted by Gasteiger charge is -2.27. The highest BCUT2D eigenvalue weighted by Gasteiger charge is 2.33. The molecule has 0 bridgehead atoms. The Balaban J connectivity index is 2.36. The van der Waals surface area contributed by atoms with Gasteiger partial charge in [0.15, 0.2) is 4.96 Å². The molecular formula is C13H15N3O4S. The third-order valence-electron chi connectivity index (χ3n) is 2.98. The minimum atomic E-state index is -1.15. The zero-order valence-electron chi connectivity index (χ0n) is 11.8. The largest absolute Gasteiger partial charge is 0.480 e. The summed E-state index contributed by atoms with van der Waals surface area (Å²) in [5, 5.41) is 13.3. The molecule has 0 saturated heterocycles. The zero-order valence-corrected chi connectivity index (χ0v) is 12.6. The van der Waals surface area contributed by atoms with Gasteiger partial charge in [-0.1, -0.05) is 20.8 Å². The van der Waals surface area contributed by atoms with E-state index in [1.807, 2.05) is 0 Å². The maximum Gasteiger partial charge on any atom is 0.326 e. The molecule has 0 aromatic carbocycles. The molecule has 2 aromatic heterocycles. The van der Waals surface area contributed by atoms with Gasteiger partial charge in [-0.15, -0.1) is 11.3 Å². The normalized spacial score (nSPS) is 13.1. The van der Waals surface area contributed by atoms with Gasteiger partial charge in [-0.3, -0.25) is 14.0 Å². The molecular weight excluding hydrogens is 294 g/mol. The molecule has 112 valence electrons. The van der Waals surface area contributed by atoms with Crippen molar-refractivity contribution in [2.75, 3.05) is 0 Å². The first kappa shape index (κ1) is 15.2. The Hall–Kier alpha value is -2.22. The van der Waals surface area contributed by atoms with Crippen molar-refractivity contribution in [2.24, 2.45) is 5.41 Å². The highest BCUT2D eigenvalue weighted by Crippen LogP contribution is 2.19. The molecule has 0 radical (unpaired) electrons. The topological polar surface area (TPSA) is 101 Å². The van der Waals surface area contributed by atoms with E-state index in [4.69, 9.17) is 0 Å². The highest BCUT2D eigenvalue weighted by molar-refractivity contribution is 7.15. The number of carbonyl (C=O) groups is 2. The third-order valence-corrected chi connectivity index (χ3v) is 3.75. The number of hydrogen-bond acceptors (Lipinski definition) is 5. The smallest absolute Gasteiger partial charge is 0.326 e. The average molecular weight is 309 g/mol. The number of carboxylic acids is 1. The number of rotatable bonds is 3. The van der Waals surface area contributed by atoms with Crippen molar-refractivity contribution in [3.05, 3.63) is 33.7 Å². The Labute approximate surface area is 124 Å². The first-order valence-corrected chi connectivity index (χ1v) is 7.08. The van der Waals surface area contributed by atoms with Gasteiger partial charge >= 0.3 is 5.97 Å². The minimum Gasteiger partial charge on any atom is -0.480 e. The Morgan fingerprint density at radius 2 is 2.10 bits per heavy atom. The Morgan fingerprint density at radius 3 is 2.67 bits per heavy atom. The Morgan fingerprint density at radius 1 is 1.43 bits per heavy atom. The summed E-state index contributed by atoms with van der Waals surface area (Å²) in [7, 11) is 0. The Bertz CT molecular complexity index is 757. The highest BCUT2D eigenvalue weighted by atomic mass is 32.1. The van der Waals surface area contributed by atoms with Gasteiger partial charge in [-0.2, -0.15) is 0 Å². The van der Waals surface area contributed by atoms with Crippen LogP contribution in [-0.4, -0.2) is 32.4 Å². The summed E-state index contributed by atoms with van der Waals surface area (Å²) in [6.07, 6.45) is 2.69. The lowest BCUT2D eigenvalue weighted by atomic mass is 9.86. The standard InChI is InChI=1S/C13H15N3O4S/c1-13(2,3)8(11(19)20)15-9(17)7-6-14-12-16(10(7)18)4-5-21-12/h4-6,8H,1-3H3,(H,15,17)(H,19,20). The third kappa shape index (κ3) is 2.94. The molecule has 0 fully saturated rings. The molecule has 2 heterocycles. The van der Waals surface area contributed by atoms with Crippen molar-refractivity contribution in [1.82, 2.24) is 14.7 Å². The molecule has 2 N–H and O–H groups in total. The van der Waals surface area contributed by atoms with Crippen molar-refractivity contribution in [3.63, 3.8) is 0 Å². The molecule has 1 amide bonds. The van der Waals surface area contributed by atoms with Crippen LogP contribution in [0.2, 0.25) is 0 Å². The van der Waals surface area contributed by atoms with E-state index in [-0.39, 0.29) is 5.56 Å². The number of thiazole rings is 1. The second-order valence-electron chi connectivity index (χ2n) is 5.64. The predicted molar refractivity (Wildman–Crippen MR) is 77.7 cm³/mol. The second-order valence-corrected chi connectivity index (χ2v) is 6.52. The second kappa shape index (κ2) is 5.28. The van der Waals surface area contributed by atoms with E-state index in [0.717, 1.165) is 0 Å². The summed E-state index contributed by atoms with van der Waals surface area (Å²) in [6.45, 7) is 5.08. The fourth-order valence-electron chi connectivity index (χ4n) is 1.84. The summed E-state index contributed by atoms with van der Waals surface area (Å²) in [4.78, 5) is 40.1. The van der Waals surface area contributed by atoms with Crippen LogP contribution in [0, 0.1) is 5.41 Å². The summed E-state index contributed by atoms with van der Waals surface area (Å²) >= 11 is 1.27. The Kier molecular flexibility index (Phi) is 3.82. The summed E-state index contributed by atoms with van der Waals surface area (Å²) < 4.78 is 1.26. The van der Waals surface area contributed by atoms with Crippen LogP contribution in [0.15, 0.2) is 22.6 Å². The van der Waals surface area contributed by atoms with E-state index in [1.54, 1.807) is 26.2 Å². The number of carbonyl (C=O) groups excluding carboxylic acids is 1. The molecule has 2 rings (SSSR count). The van der Waals surface area contributed by atoms with Gasteiger partial charge in [-0.05, 0) is 5.41 Å². The van der Waals surface area contributed by atoms with Gasteiger partial charge in [0, 0.05) is 17.8 Å². The van der Waals surface area contributed by atoms with Crippen LogP contribution in [0.3, 0.4) is 0 Å². The van der Waals surface area contributed by atoms with Gasteiger partial charge in [0.1, 0.15) is 11.6 Å². The van der Waals surface area contributed by atoms with Crippen molar-refractivity contribution >= 4 is 28.2 Å². The van der Waals surface area contributed by atoms with Crippen molar-refractivity contribution in [3.8, 4) is 0 Å². The molecule has 8 heteroatoms. The van der Waals surface area contributed by atoms with Gasteiger partial charge in [-0.25, -0.2) is 9.78 Å². The summed E-state index contributed by atoms with van der Waals surface area (Å²) in [5.74, 6) is -1.89. The number of aromatic nitrogens is 2. The van der Waals surface area contributed by atoms with Gasteiger partial charge in [0.25, 0.3) is 11.5 Å². The first-order chi connectivity index (χ1) is 9.71. The molecule has 0 aliphatic heterocycles. The maximum absolute atomic E-state index is 12.2. The van der Waals surface area contributed by atoms with Gasteiger partial charge in [0.05, 0.1) is 0 Å². The van der Waals surface area contributed by atoms with E-state index >= 15 is 0 Å². The molecule has 0 aliphatic carbocycles. The quantitative estimate of drug-likeness (QED) is 0.880. The lowest BCUT2D eigenvalue weighted by molar-refractivity contribution is -0.142. The maximum atomic E-state index is 12.2. The van der Waals surface area contributed by atoms with Gasteiger partial charge in [0.2, 0.25) is 0 Å². The van der Waals surface area contributed by atoms with Crippen LogP contribution in [0.4, 0.5) is 0 Å². The van der Waals surface area contributed by atoms with Crippen molar-refractivity contribution < 1.29 is 14.7 Å². The molecule has 0 spiro atoms. The minimum absolute atomic E-state index is 0.179. The van der Waals surface area contributed by atoms with E-state index < -0.39 is 28.9 Å². The number of amides is 1. The van der Waals surface area contributed by atoms with E-state index in [2.05, 4.69) is 10.3 Å². The van der Waals surface area contributed by atoms with Gasteiger partial charge < -0.3 is 10.4 Å². The zero-order chi connectivity index (χ0) is 15.8. The molecule has 2 aromatic rings. The fourth-order valence-corrected chi connectivity index (χ4v) is 2.51.